The first-order chi connectivity index (χ1) is 12.0. The van der Waals surface area contributed by atoms with Crippen LogP contribution in [0.3, 0.4) is 0 Å². The second-order valence-corrected chi connectivity index (χ2v) is 6.85. The van der Waals surface area contributed by atoms with E-state index in [0.29, 0.717) is 6.61 Å². The van der Waals surface area contributed by atoms with Gasteiger partial charge in [0.25, 0.3) is 0 Å². The Morgan fingerprint density at radius 3 is 1.80 bits per heavy atom. The number of nitrogens with two attached hydrogens (primary N) is 2. The van der Waals surface area contributed by atoms with Crippen molar-refractivity contribution in [2.75, 3.05) is 18.1 Å². The van der Waals surface area contributed by atoms with Gasteiger partial charge in [-0.05, 0) is 68.0 Å². The van der Waals surface area contributed by atoms with E-state index in [1.165, 1.54) is 11.1 Å². The molecular formula is C21H26N2O2. The molecule has 2 aromatic carbocycles. The highest BCUT2D eigenvalue weighted by Gasteiger charge is 2.40. The summed E-state index contributed by atoms with van der Waals surface area (Å²) in [7, 11) is 0. The lowest BCUT2D eigenvalue weighted by Crippen LogP contribution is -2.35. The van der Waals surface area contributed by atoms with Gasteiger partial charge in [-0.3, -0.25) is 4.79 Å². The third-order valence-electron chi connectivity index (χ3n) is 5.39. The van der Waals surface area contributed by atoms with Crippen LogP contribution in [0.5, 0.6) is 0 Å². The fourth-order valence-electron chi connectivity index (χ4n) is 3.95. The van der Waals surface area contributed by atoms with Crippen molar-refractivity contribution < 1.29 is 9.53 Å². The third kappa shape index (κ3) is 3.48. The number of esters is 1. The summed E-state index contributed by atoms with van der Waals surface area (Å²) in [5.41, 5.74) is 15.7. The molecule has 0 radical (unpaired) electrons. The normalized spacial score (nSPS) is 17.2. The number of ether oxygens (including phenoxy) is 1. The maximum Gasteiger partial charge on any atom is 0.308 e. The van der Waals surface area contributed by atoms with Gasteiger partial charge in [0.1, 0.15) is 0 Å². The Morgan fingerprint density at radius 2 is 1.40 bits per heavy atom. The van der Waals surface area contributed by atoms with Gasteiger partial charge in [-0.25, -0.2) is 0 Å². The third-order valence-corrected chi connectivity index (χ3v) is 5.39. The molecule has 25 heavy (non-hydrogen) atoms. The Kier molecular flexibility index (Phi) is 4.98. The Morgan fingerprint density at radius 1 is 0.960 bits per heavy atom. The fourth-order valence-corrected chi connectivity index (χ4v) is 3.95. The number of rotatable bonds is 4. The van der Waals surface area contributed by atoms with Crippen LogP contribution in [-0.2, 0) is 14.9 Å². The lowest BCUT2D eigenvalue weighted by Gasteiger charge is -2.41. The molecule has 4 nitrogen and oxygen atoms in total. The molecule has 1 saturated carbocycles. The van der Waals surface area contributed by atoms with Gasteiger partial charge in [0.2, 0.25) is 0 Å². The summed E-state index contributed by atoms with van der Waals surface area (Å²) in [6.45, 7) is 2.30. The number of hydrogen-bond acceptors (Lipinski definition) is 4. The monoisotopic (exact) mass is 338 g/mol. The maximum atomic E-state index is 12.1. The summed E-state index contributed by atoms with van der Waals surface area (Å²) in [5, 5.41) is 0. The molecule has 0 bridgehead atoms. The second kappa shape index (κ2) is 7.18. The first kappa shape index (κ1) is 17.3. The van der Waals surface area contributed by atoms with E-state index in [2.05, 4.69) is 24.3 Å². The van der Waals surface area contributed by atoms with Crippen molar-refractivity contribution in [3.05, 3.63) is 59.7 Å². The largest absolute Gasteiger partial charge is 0.466 e. The number of anilines is 2. The molecule has 0 spiro atoms. The summed E-state index contributed by atoms with van der Waals surface area (Å²) in [6.07, 6.45) is 3.47. The highest BCUT2D eigenvalue weighted by atomic mass is 16.5. The van der Waals surface area contributed by atoms with Crippen molar-refractivity contribution in [1.29, 1.82) is 0 Å². The summed E-state index contributed by atoms with van der Waals surface area (Å²) in [5.74, 6) is -0.0682. The second-order valence-electron chi connectivity index (χ2n) is 6.85. The number of hydrogen-bond donors (Lipinski definition) is 2. The van der Waals surface area contributed by atoms with Gasteiger partial charge in [-0.2, -0.15) is 0 Å². The molecule has 0 saturated heterocycles. The van der Waals surface area contributed by atoms with Crippen LogP contribution >= 0.6 is 0 Å². The summed E-state index contributed by atoms with van der Waals surface area (Å²) in [6, 6.07) is 16.2. The van der Waals surface area contributed by atoms with Gasteiger partial charge in [0.05, 0.1) is 12.5 Å². The van der Waals surface area contributed by atoms with Crippen LogP contribution in [0.15, 0.2) is 48.5 Å². The molecule has 0 aliphatic heterocycles. The van der Waals surface area contributed by atoms with Crippen molar-refractivity contribution in [2.24, 2.45) is 5.92 Å². The SMILES string of the molecule is CCOC(=O)C1CCC(c2ccc(N)cc2)(c2ccc(N)cc2)CC1. The van der Waals surface area contributed by atoms with E-state index < -0.39 is 0 Å². The smallest absolute Gasteiger partial charge is 0.308 e. The molecule has 0 atom stereocenters. The van der Waals surface area contributed by atoms with E-state index in [0.717, 1.165) is 37.1 Å². The first-order valence-electron chi connectivity index (χ1n) is 8.94. The Hall–Kier alpha value is -2.49. The molecule has 0 unspecified atom stereocenters. The van der Waals surface area contributed by atoms with Gasteiger partial charge in [0, 0.05) is 16.8 Å². The van der Waals surface area contributed by atoms with Crippen molar-refractivity contribution in [3.8, 4) is 0 Å². The molecular weight excluding hydrogens is 312 g/mol. The predicted molar refractivity (Wildman–Crippen MR) is 101 cm³/mol. The molecule has 1 aliphatic rings. The van der Waals surface area contributed by atoms with E-state index >= 15 is 0 Å². The summed E-state index contributed by atoms with van der Waals surface area (Å²) in [4.78, 5) is 12.1. The Balaban J connectivity index is 1.93. The quantitative estimate of drug-likeness (QED) is 0.655. The van der Waals surface area contributed by atoms with Crippen LogP contribution in [-0.4, -0.2) is 12.6 Å². The Bertz CT molecular complexity index is 667. The number of benzene rings is 2. The summed E-state index contributed by atoms with van der Waals surface area (Å²) < 4.78 is 5.22. The molecule has 0 aromatic heterocycles. The lowest BCUT2D eigenvalue weighted by atomic mass is 9.63. The van der Waals surface area contributed by atoms with E-state index in [1.807, 2.05) is 31.2 Å². The van der Waals surface area contributed by atoms with Crippen molar-refractivity contribution in [2.45, 2.75) is 38.0 Å². The van der Waals surface area contributed by atoms with Crippen molar-refractivity contribution in [1.82, 2.24) is 0 Å². The van der Waals surface area contributed by atoms with E-state index in [1.54, 1.807) is 0 Å². The molecule has 1 aliphatic carbocycles. The van der Waals surface area contributed by atoms with Gasteiger partial charge in [0.15, 0.2) is 0 Å². The molecule has 2 aromatic rings. The van der Waals surface area contributed by atoms with Crippen molar-refractivity contribution in [3.63, 3.8) is 0 Å². The van der Waals surface area contributed by atoms with Gasteiger partial charge < -0.3 is 16.2 Å². The zero-order chi connectivity index (χ0) is 17.9. The minimum atomic E-state index is -0.107. The molecule has 1 fully saturated rings. The molecule has 0 amide bonds. The molecule has 4 N–H and O–H groups in total. The van der Waals surface area contributed by atoms with Crippen LogP contribution in [0.1, 0.15) is 43.7 Å². The zero-order valence-corrected chi connectivity index (χ0v) is 14.7. The van der Waals surface area contributed by atoms with E-state index in [-0.39, 0.29) is 17.3 Å². The Labute approximate surface area is 149 Å². The fraction of sp³-hybridized carbons (Fsp3) is 0.381. The van der Waals surface area contributed by atoms with Crippen LogP contribution in [0.4, 0.5) is 11.4 Å². The van der Waals surface area contributed by atoms with Crippen LogP contribution < -0.4 is 11.5 Å². The predicted octanol–water partition coefficient (Wildman–Crippen LogP) is 3.89. The topological polar surface area (TPSA) is 78.3 Å². The van der Waals surface area contributed by atoms with Crippen LogP contribution in [0.25, 0.3) is 0 Å². The van der Waals surface area contributed by atoms with Crippen molar-refractivity contribution >= 4 is 17.3 Å². The number of nitrogen functional groups attached to an aromatic ring is 2. The van der Waals surface area contributed by atoms with E-state index in [4.69, 9.17) is 16.2 Å². The number of carbonyl (C=O) groups is 1. The number of carbonyl (C=O) groups excluding carboxylic acids is 1. The summed E-state index contributed by atoms with van der Waals surface area (Å²) >= 11 is 0. The van der Waals surface area contributed by atoms with Gasteiger partial charge in [-0.1, -0.05) is 24.3 Å². The van der Waals surface area contributed by atoms with Gasteiger partial charge >= 0.3 is 5.97 Å². The first-order valence-corrected chi connectivity index (χ1v) is 8.94. The highest BCUT2D eigenvalue weighted by Crippen LogP contribution is 2.47. The average molecular weight is 338 g/mol. The maximum absolute atomic E-state index is 12.1. The molecule has 3 rings (SSSR count). The minimum Gasteiger partial charge on any atom is -0.466 e. The van der Waals surface area contributed by atoms with E-state index in [9.17, 15) is 4.79 Å². The van der Waals surface area contributed by atoms with Crippen LogP contribution in [0.2, 0.25) is 0 Å². The van der Waals surface area contributed by atoms with Crippen LogP contribution in [0, 0.1) is 5.92 Å². The lowest BCUT2D eigenvalue weighted by molar-refractivity contribution is -0.149. The average Bonchev–Trinajstić information content (AvgIpc) is 2.63. The molecule has 0 heterocycles. The molecule has 4 heteroatoms. The highest BCUT2D eigenvalue weighted by molar-refractivity contribution is 5.72. The standard InChI is InChI=1S/C21H26N2O2/c1-2-25-20(24)15-11-13-21(14-12-15,16-3-7-18(22)8-4-16)17-5-9-19(23)10-6-17/h3-10,15H,2,11-14,22-23H2,1H3. The minimum absolute atomic E-state index is 0.00404. The van der Waals surface area contributed by atoms with Gasteiger partial charge in [-0.15, -0.1) is 0 Å². The molecule has 132 valence electrons. The zero-order valence-electron chi connectivity index (χ0n) is 14.7.